The highest BCUT2D eigenvalue weighted by Crippen LogP contribution is 2.50. The van der Waals surface area contributed by atoms with Gasteiger partial charge in [0, 0.05) is 38.4 Å². The number of rotatable bonds is 12. The van der Waals surface area contributed by atoms with Gasteiger partial charge in [-0.1, -0.05) is 6.07 Å². The number of benzene rings is 1. The minimum absolute atomic E-state index is 0.0581. The van der Waals surface area contributed by atoms with Crippen LogP contribution in [0.2, 0.25) is 0 Å². The Morgan fingerprint density at radius 1 is 1.02 bits per heavy atom. The second-order valence-electron chi connectivity index (χ2n) is 9.81. The zero-order chi connectivity index (χ0) is 29.4. The van der Waals surface area contributed by atoms with Crippen LogP contribution >= 0.6 is 0 Å². The van der Waals surface area contributed by atoms with Gasteiger partial charge in [-0.25, -0.2) is 0 Å². The van der Waals surface area contributed by atoms with Crippen molar-refractivity contribution in [3.8, 4) is 28.4 Å². The average molecular weight is 564 g/mol. The van der Waals surface area contributed by atoms with Crippen LogP contribution in [0.25, 0.3) is 11.1 Å². The van der Waals surface area contributed by atoms with E-state index in [9.17, 15) is 14.4 Å². The molecule has 1 aliphatic carbocycles. The van der Waals surface area contributed by atoms with E-state index in [1.54, 1.807) is 39.7 Å². The quantitative estimate of drug-likeness (QED) is 0.282. The fourth-order valence-corrected chi connectivity index (χ4v) is 5.19. The number of aryl methyl sites for hydroxylation is 1. The standard InChI is InChI=1S/C31H37N3O7/c1-19(35)34-24-11-9-20-17-27(38-2)30(39-3)31(40-4)29(20)22-10-12-25(26(36)18-23(22)24)32-14-5-8-28(37)33-15-13-21-7-6-16-41-21/h6-7,10,12,16-18,24H,5,8-9,11,13-15H2,1-4H3,(H,32,36)(H,33,37)(H,34,35)/t24-/m0/s1. The number of methoxy groups -OCH3 is 3. The number of carbonyl (C=O) groups is 2. The second-order valence-corrected chi connectivity index (χ2v) is 9.81. The molecule has 41 heavy (non-hydrogen) atoms. The first-order chi connectivity index (χ1) is 19.9. The Bertz CT molecular complexity index is 1440. The molecular formula is C31H37N3O7. The molecule has 0 radical (unpaired) electrons. The van der Waals surface area contributed by atoms with E-state index < -0.39 is 0 Å². The van der Waals surface area contributed by atoms with Gasteiger partial charge in [-0.3, -0.25) is 14.4 Å². The highest BCUT2D eigenvalue weighted by atomic mass is 16.5. The summed E-state index contributed by atoms with van der Waals surface area (Å²) >= 11 is 0. The van der Waals surface area contributed by atoms with Gasteiger partial charge in [0.05, 0.1) is 39.3 Å². The lowest BCUT2D eigenvalue weighted by atomic mass is 9.95. The number of anilines is 1. The Morgan fingerprint density at radius 2 is 1.83 bits per heavy atom. The molecule has 10 nitrogen and oxygen atoms in total. The van der Waals surface area contributed by atoms with Crippen molar-refractivity contribution in [3.63, 3.8) is 0 Å². The van der Waals surface area contributed by atoms with E-state index in [4.69, 9.17) is 18.6 Å². The summed E-state index contributed by atoms with van der Waals surface area (Å²) in [7, 11) is 4.68. The van der Waals surface area contributed by atoms with Crippen LogP contribution in [-0.4, -0.2) is 46.2 Å². The van der Waals surface area contributed by atoms with Crippen LogP contribution in [0.3, 0.4) is 0 Å². The number of hydrogen-bond donors (Lipinski definition) is 3. The summed E-state index contributed by atoms with van der Waals surface area (Å²) in [6.07, 6.45) is 4.32. The third-order valence-electron chi connectivity index (χ3n) is 7.09. The SMILES string of the molecule is COc1cc2c(c(OC)c1OC)-c1ccc(NCCCC(=O)NCCc3ccco3)c(=O)cc1[C@@H](NC(C)=O)CC2. The van der Waals surface area contributed by atoms with Gasteiger partial charge in [-0.05, 0) is 66.3 Å². The van der Waals surface area contributed by atoms with E-state index in [2.05, 4.69) is 16.0 Å². The Labute approximate surface area is 239 Å². The predicted octanol–water partition coefficient (Wildman–Crippen LogP) is 4.01. The normalized spacial score (nSPS) is 13.7. The Kier molecular flexibility index (Phi) is 9.89. The monoisotopic (exact) mass is 563 g/mol. The largest absolute Gasteiger partial charge is 0.493 e. The third-order valence-corrected chi connectivity index (χ3v) is 7.09. The maximum atomic E-state index is 13.4. The van der Waals surface area contributed by atoms with Gasteiger partial charge in [0.15, 0.2) is 11.5 Å². The molecule has 2 amide bonds. The molecule has 0 unspecified atom stereocenters. The molecule has 1 aromatic heterocycles. The zero-order valence-corrected chi connectivity index (χ0v) is 23.9. The van der Waals surface area contributed by atoms with Crippen molar-refractivity contribution in [3.05, 3.63) is 69.8 Å². The highest BCUT2D eigenvalue weighted by Gasteiger charge is 2.29. The predicted molar refractivity (Wildman–Crippen MR) is 156 cm³/mol. The minimum atomic E-state index is -0.380. The van der Waals surface area contributed by atoms with Crippen LogP contribution in [0, 0.1) is 0 Å². The van der Waals surface area contributed by atoms with Crippen LogP contribution in [0.4, 0.5) is 5.69 Å². The summed E-state index contributed by atoms with van der Waals surface area (Å²) in [5.41, 5.74) is 3.39. The lowest BCUT2D eigenvalue weighted by Crippen LogP contribution is -2.26. The molecule has 1 heterocycles. The van der Waals surface area contributed by atoms with Gasteiger partial charge in [-0.15, -0.1) is 0 Å². The average Bonchev–Trinajstić information content (AvgIpc) is 3.37. The lowest BCUT2D eigenvalue weighted by Gasteiger charge is -2.19. The van der Waals surface area contributed by atoms with Gasteiger partial charge >= 0.3 is 0 Å². The topological polar surface area (TPSA) is 128 Å². The first kappa shape index (κ1) is 29.5. The molecular weight excluding hydrogens is 526 g/mol. The zero-order valence-electron chi connectivity index (χ0n) is 23.9. The van der Waals surface area contributed by atoms with Crippen molar-refractivity contribution in [2.24, 2.45) is 0 Å². The molecule has 218 valence electrons. The molecule has 0 bridgehead atoms. The second kappa shape index (κ2) is 13.7. The molecule has 0 fully saturated rings. The van der Waals surface area contributed by atoms with E-state index in [0.717, 1.165) is 22.5 Å². The van der Waals surface area contributed by atoms with Gasteiger partial charge in [-0.2, -0.15) is 0 Å². The molecule has 1 atom stereocenters. The molecule has 0 spiro atoms. The van der Waals surface area contributed by atoms with Crippen molar-refractivity contribution in [2.45, 2.75) is 45.1 Å². The van der Waals surface area contributed by atoms with Crippen molar-refractivity contribution >= 4 is 17.5 Å². The van der Waals surface area contributed by atoms with Crippen molar-refractivity contribution < 1.29 is 28.2 Å². The molecule has 10 heteroatoms. The number of nitrogens with one attached hydrogen (secondary N) is 3. The fraction of sp³-hybridized carbons (Fsp3) is 0.387. The van der Waals surface area contributed by atoms with Crippen molar-refractivity contribution in [2.75, 3.05) is 39.7 Å². The van der Waals surface area contributed by atoms with Crippen LogP contribution in [0.1, 0.15) is 49.1 Å². The number of ether oxygens (including phenoxy) is 3. The Morgan fingerprint density at radius 3 is 2.51 bits per heavy atom. The van der Waals surface area contributed by atoms with Gasteiger partial charge in [0.2, 0.25) is 23.0 Å². The van der Waals surface area contributed by atoms with E-state index in [-0.39, 0.29) is 23.3 Å². The van der Waals surface area contributed by atoms with Gasteiger partial charge in [0.25, 0.3) is 0 Å². The third kappa shape index (κ3) is 7.00. The van der Waals surface area contributed by atoms with Gasteiger partial charge < -0.3 is 34.6 Å². The molecule has 0 saturated carbocycles. The van der Waals surface area contributed by atoms with E-state index in [1.807, 2.05) is 24.3 Å². The van der Waals surface area contributed by atoms with Gasteiger partial charge in [0.1, 0.15) is 5.76 Å². The summed E-state index contributed by atoms with van der Waals surface area (Å²) in [6, 6.07) is 10.4. The number of amides is 2. The summed E-state index contributed by atoms with van der Waals surface area (Å²) in [4.78, 5) is 37.7. The molecule has 3 N–H and O–H groups in total. The van der Waals surface area contributed by atoms with Crippen LogP contribution in [0.15, 0.2) is 51.9 Å². The van der Waals surface area contributed by atoms with Crippen LogP contribution in [-0.2, 0) is 22.4 Å². The molecule has 2 aromatic carbocycles. The van der Waals surface area contributed by atoms with E-state index in [1.165, 1.54) is 6.92 Å². The molecule has 0 saturated heterocycles. The summed E-state index contributed by atoms with van der Waals surface area (Å²) in [5, 5.41) is 9.07. The minimum Gasteiger partial charge on any atom is -0.493 e. The maximum absolute atomic E-state index is 13.4. The Balaban J connectivity index is 1.57. The maximum Gasteiger partial charge on any atom is 0.220 e. The smallest absolute Gasteiger partial charge is 0.220 e. The van der Waals surface area contributed by atoms with E-state index in [0.29, 0.717) is 73.7 Å². The summed E-state index contributed by atoms with van der Waals surface area (Å²) < 4.78 is 22.3. The lowest BCUT2D eigenvalue weighted by molar-refractivity contribution is -0.121. The number of fused-ring (bicyclic) bond motifs is 3. The van der Waals surface area contributed by atoms with Crippen molar-refractivity contribution in [1.82, 2.24) is 10.6 Å². The fourth-order valence-electron chi connectivity index (χ4n) is 5.19. The molecule has 3 aromatic rings. The van der Waals surface area contributed by atoms with Crippen LogP contribution < -0.4 is 35.6 Å². The van der Waals surface area contributed by atoms with Crippen molar-refractivity contribution in [1.29, 1.82) is 0 Å². The molecule has 4 rings (SSSR count). The Hall–Kier alpha value is -4.47. The first-order valence-electron chi connectivity index (χ1n) is 13.7. The van der Waals surface area contributed by atoms with Crippen LogP contribution in [0.5, 0.6) is 17.2 Å². The number of carbonyl (C=O) groups excluding carboxylic acids is 2. The summed E-state index contributed by atoms with van der Waals surface area (Å²) in [5.74, 6) is 2.07. The number of furan rings is 1. The highest BCUT2D eigenvalue weighted by molar-refractivity contribution is 5.83. The summed E-state index contributed by atoms with van der Waals surface area (Å²) in [6.45, 7) is 2.41. The first-order valence-corrected chi connectivity index (χ1v) is 13.7. The van der Waals surface area contributed by atoms with E-state index >= 15 is 0 Å². The molecule has 1 aliphatic rings. The molecule has 0 aliphatic heterocycles. The number of hydrogen-bond acceptors (Lipinski definition) is 8.